The van der Waals surface area contributed by atoms with Gasteiger partial charge >= 0.3 is 14.1 Å². The topological polar surface area (TPSA) is 64.6 Å². The maximum absolute atomic E-state index is 11.7. The average Bonchev–Trinajstić information content (AvgIpc) is 2.34. The second kappa shape index (κ2) is 6.73. The summed E-state index contributed by atoms with van der Waals surface area (Å²) >= 11 is 0. The summed E-state index contributed by atoms with van der Waals surface area (Å²) in [6, 6.07) is 8.22. The molecule has 1 aromatic rings. The maximum atomic E-state index is 11.7. The fourth-order valence-corrected chi connectivity index (χ4v) is 2.50. The molecule has 0 aliphatic heterocycles. The Bertz CT molecular complexity index is 447. The van der Waals surface area contributed by atoms with Crippen molar-refractivity contribution in [3.8, 4) is 5.75 Å². The van der Waals surface area contributed by atoms with Crippen LogP contribution in [-0.4, -0.2) is 18.1 Å². The van der Waals surface area contributed by atoms with Crippen molar-refractivity contribution < 1.29 is 18.6 Å². The van der Waals surface area contributed by atoms with Crippen molar-refractivity contribution in [3.05, 3.63) is 30.3 Å². The van der Waals surface area contributed by atoms with Gasteiger partial charge in [0.05, 0.1) is 0 Å². The van der Waals surface area contributed by atoms with Crippen LogP contribution in [0.2, 0.25) is 0 Å². The average molecular weight is 283 g/mol. The molecular weight excluding hydrogens is 265 g/mol. The molecule has 0 amide bonds. The molecule has 1 unspecified atom stereocenters. The Labute approximate surface area is 113 Å². The van der Waals surface area contributed by atoms with Gasteiger partial charge in [-0.05, 0) is 38.3 Å². The number of nitrogens with one attached hydrogen (secondary N) is 1. The summed E-state index contributed by atoms with van der Waals surface area (Å²) in [4.78, 5) is 11.7. The van der Waals surface area contributed by atoms with Crippen LogP contribution in [0.3, 0.4) is 0 Å². The smallest absolute Gasteiger partial charge is 0.323 e. The Balaban J connectivity index is 1.76. The van der Waals surface area contributed by atoms with Crippen LogP contribution in [0.4, 0.5) is 0 Å². The van der Waals surface area contributed by atoms with Gasteiger partial charge in [0.1, 0.15) is 17.9 Å². The monoisotopic (exact) mass is 283 g/mol. The second-order valence-electron chi connectivity index (χ2n) is 4.56. The van der Waals surface area contributed by atoms with Crippen molar-refractivity contribution in [2.75, 3.05) is 0 Å². The number of rotatable bonds is 6. The van der Waals surface area contributed by atoms with Crippen LogP contribution in [0.25, 0.3) is 0 Å². The normalized spacial score (nSPS) is 18.2. The number of para-hydroxylation sites is 1. The molecule has 2 rings (SSSR count). The van der Waals surface area contributed by atoms with Crippen LogP contribution in [0.15, 0.2) is 30.3 Å². The summed E-state index contributed by atoms with van der Waals surface area (Å²) in [5.41, 5.74) is 0. The quantitative estimate of drug-likeness (QED) is 0.642. The number of ether oxygens (including phenoxy) is 1. The molecule has 1 aromatic carbocycles. The fourth-order valence-electron chi connectivity index (χ4n) is 1.62. The molecular formula is C13H18NO4P. The Morgan fingerprint density at radius 3 is 2.63 bits per heavy atom. The number of hydrogen-bond acceptors (Lipinski definition) is 4. The van der Waals surface area contributed by atoms with E-state index in [-0.39, 0.29) is 12.1 Å². The van der Waals surface area contributed by atoms with Crippen LogP contribution in [0.1, 0.15) is 26.2 Å². The number of carbonyl (C=O) groups is 1. The minimum atomic E-state index is -2.51. The minimum absolute atomic E-state index is 0.0362. The molecule has 19 heavy (non-hydrogen) atoms. The number of carbonyl (C=O) groups excluding carboxylic acids is 1. The zero-order chi connectivity index (χ0) is 13.7. The molecule has 5 nitrogen and oxygen atoms in total. The zero-order valence-electron chi connectivity index (χ0n) is 10.8. The minimum Gasteiger partial charge on any atom is -0.461 e. The first-order chi connectivity index (χ1) is 9.15. The lowest BCUT2D eigenvalue weighted by Gasteiger charge is -2.26. The van der Waals surface area contributed by atoms with Gasteiger partial charge in [-0.15, -0.1) is 0 Å². The van der Waals surface area contributed by atoms with Crippen molar-refractivity contribution in [1.29, 1.82) is 0 Å². The number of esters is 1. The summed E-state index contributed by atoms with van der Waals surface area (Å²) < 4.78 is 22.2. The van der Waals surface area contributed by atoms with E-state index in [4.69, 9.17) is 9.26 Å². The molecule has 0 spiro atoms. The first-order valence-electron chi connectivity index (χ1n) is 6.39. The number of benzene rings is 1. The Morgan fingerprint density at radius 2 is 2.05 bits per heavy atom. The molecule has 0 radical (unpaired) electrons. The van der Waals surface area contributed by atoms with Gasteiger partial charge in [-0.25, -0.2) is 5.09 Å². The molecule has 1 saturated carbocycles. The fraction of sp³-hybridized carbons (Fsp3) is 0.462. The summed E-state index contributed by atoms with van der Waals surface area (Å²) in [7, 11) is -2.51. The van der Waals surface area contributed by atoms with E-state index in [1.54, 1.807) is 31.2 Å². The highest BCUT2D eigenvalue weighted by atomic mass is 31.1. The Kier molecular flexibility index (Phi) is 5.00. The van der Waals surface area contributed by atoms with Crippen molar-refractivity contribution in [2.24, 2.45) is 0 Å². The van der Waals surface area contributed by atoms with Gasteiger partial charge in [-0.1, -0.05) is 18.2 Å². The van der Waals surface area contributed by atoms with Crippen molar-refractivity contribution >= 4 is 14.1 Å². The van der Waals surface area contributed by atoms with Gasteiger partial charge in [-0.3, -0.25) is 9.36 Å². The van der Waals surface area contributed by atoms with Gasteiger partial charge in [0, 0.05) is 0 Å². The predicted octanol–water partition coefficient (Wildman–Crippen LogP) is 2.53. The zero-order valence-corrected chi connectivity index (χ0v) is 11.8. The molecule has 0 saturated heterocycles. The van der Waals surface area contributed by atoms with Gasteiger partial charge in [0.25, 0.3) is 0 Å². The summed E-state index contributed by atoms with van der Waals surface area (Å²) in [5, 5.41) is 2.63. The molecule has 1 aliphatic carbocycles. The summed E-state index contributed by atoms with van der Waals surface area (Å²) in [5.74, 6) is 0.137. The lowest BCUT2D eigenvalue weighted by molar-refractivity contribution is -0.154. The predicted molar refractivity (Wildman–Crippen MR) is 72.4 cm³/mol. The van der Waals surface area contributed by atoms with E-state index in [0.717, 1.165) is 19.3 Å². The highest BCUT2D eigenvalue weighted by Gasteiger charge is 2.25. The van der Waals surface area contributed by atoms with Crippen LogP contribution >= 0.6 is 8.18 Å². The first-order valence-corrected chi connectivity index (χ1v) is 7.70. The SMILES string of the molecule is C[C@H](N[PH](=O)Oc1ccccc1)C(=O)OC1CCC1. The lowest BCUT2D eigenvalue weighted by atomic mass is 9.96. The first kappa shape index (κ1) is 14.1. The molecule has 0 heterocycles. The molecule has 1 N–H and O–H groups in total. The highest BCUT2D eigenvalue weighted by Crippen LogP contribution is 2.25. The van der Waals surface area contributed by atoms with E-state index in [2.05, 4.69) is 5.09 Å². The van der Waals surface area contributed by atoms with Gasteiger partial charge in [0.15, 0.2) is 0 Å². The summed E-state index contributed by atoms with van der Waals surface area (Å²) in [6.07, 6.45) is 2.99. The van der Waals surface area contributed by atoms with E-state index >= 15 is 0 Å². The van der Waals surface area contributed by atoms with E-state index in [1.807, 2.05) is 6.07 Å². The van der Waals surface area contributed by atoms with Crippen LogP contribution < -0.4 is 9.61 Å². The standard InChI is InChI=1S/C13H18NO4P/c1-10(13(15)17-11-8-5-9-11)14-19(16)18-12-6-3-2-4-7-12/h2-4,6-7,10-11,19H,5,8-9H2,1H3,(H,14,16)/t10-/m0/s1. The molecule has 1 fully saturated rings. The van der Waals surface area contributed by atoms with Gasteiger partial charge in [0.2, 0.25) is 0 Å². The third-order valence-corrected chi connectivity index (χ3v) is 4.07. The van der Waals surface area contributed by atoms with Crippen LogP contribution in [0.5, 0.6) is 5.75 Å². The number of hydrogen-bond donors (Lipinski definition) is 1. The van der Waals surface area contributed by atoms with Gasteiger partial charge in [-0.2, -0.15) is 0 Å². The Hall–Kier alpha value is -1.32. The second-order valence-corrected chi connectivity index (χ2v) is 5.63. The van der Waals surface area contributed by atoms with E-state index < -0.39 is 14.2 Å². The molecule has 1 aliphatic rings. The van der Waals surface area contributed by atoms with E-state index in [9.17, 15) is 9.36 Å². The third kappa shape index (κ3) is 4.37. The summed E-state index contributed by atoms with van der Waals surface area (Å²) in [6.45, 7) is 1.62. The molecule has 0 bridgehead atoms. The van der Waals surface area contributed by atoms with Crippen molar-refractivity contribution in [1.82, 2.24) is 5.09 Å². The van der Waals surface area contributed by atoms with E-state index in [1.165, 1.54) is 0 Å². The highest BCUT2D eigenvalue weighted by molar-refractivity contribution is 7.37. The van der Waals surface area contributed by atoms with Crippen LogP contribution in [0, 0.1) is 0 Å². The van der Waals surface area contributed by atoms with Gasteiger partial charge < -0.3 is 9.26 Å². The molecule has 104 valence electrons. The third-order valence-electron chi connectivity index (χ3n) is 2.98. The maximum Gasteiger partial charge on any atom is 0.323 e. The largest absolute Gasteiger partial charge is 0.461 e. The molecule has 0 aromatic heterocycles. The van der Waals surface area contributed by atoms with E-state index in [0.29, 0.717) is 5.75 Å². The molecule has 6 heteroatoms. The molecule has 2 atom stereocenters. The Morgan fingerprint density at radius 1 is 1.37 bits per heavy atom. The van der Waals surface area contributed by atoms with Crippen molar-refractivity contribution in [3.63, 3.8) is 0 Å². The lowest BCUT2D eigenvalue weighted by Crippen LogP contribution is -2.36. The van der Waals surface area contributed by atoms with Crippen molar-refractivity contribution in [2.45, 2.75) is 38.3 Å². The van der Waals surface area contributed by atoms with Crippen LogP contribution in [-0.2, 0) is 14.1 Å².